The van der Waals surface area contributed by atoms with Gasteiger partial charge in [-0.3, -0.25) is 4.79 Å². The second-order valence-electron chi connectivity index (χ2n) is 5.52. The van der Waals surface area contributed by atoms with E-state index in [1.165, 1.54) is 5.32 Å². The number of hydrogen-bond donors (Lipinski definition) is 3. The van der Waals surface area contributed by atoms with Crippen LogP contribution in [0.5, 0.6) is 0 Å². The van der Waals surface area contributed by atoms with Crippen LogP contribution in [-0.4, -0.2) is 35.7 Å². The molecular formula is C17H20N2O4. The van der Waals surface area contributed by atoms with Gasteiger partial charge in [-0.2, -0.15) is 0 Å². The molecule has 0 spiro atoms. The van der Waals surface area contributed by atoms with E-state index in [1.807, 2.05) is 36.4 Å². The fraction of sp³-hybridized carbons (Fsp3) is 0.294. The Labute approximate surface area is 134 Å². The number of anilines is 1. The summed E-state index contributed by atoms with van der Waals surface area (Å²) < 4.78 is 0. The van der Waals surface area contributed by atoms with Gasteiger partial charge in [0.15, 0.2) is 0 Å². The zero-order chi connectivity index (χ0) is 16.8. The van der Waals surface area contributed by atoms with E-state index in [0.29, 0.717) is 5.69 Å². The van der Waals surface area contributed by atoms with Gasteiger partial charge >= 0.3 is 0 Å². The SMILES string of the molecule is C[C@@H](O)C[NH2+][C@@H](CC(=O)Nc1cccc2ccccc12)C(=O)[O-]. The Hall–Kier alpha value is -2.44. The molecule has 0 heterocycles. The highest BCUT2D eigenvalue weighted by Crippen LogP contribution is 2.22. The lowest BCUT2D eigenvalue weighted by atomic mass is 10.1. The highest BCUT2D eigenvalue weighted by Gasteiger charge is 2.19. The molecule has 0 aliphatic rings. The van der Waals surface area contributed by atoms with Crippen molar-refractivity contribution < 1.29 is 25.1 Å². The van der Waals surface area contributed by atoms with Crippen molar-refractivity contribution in [3.63, 3.8) is 0 Å². The van der Waals surface area contributed by atoms with Gasteiger partial charge in [0.2, 0.25) is 5.91 Å². The lowest BCUT2D eigenvalue weighted by molar-refractivity contribution is -0.687. The van der Waals surface area contributed by atoms with Crippen LogP contribution >= 0.6 is 0 Å². The van der Waals surface area contributed by atoms with Gasteiger partial charge in [-0.05, 0) is 18.4 Å². The second kappa shape index (κ2) is 7.71. The molecule has 2 aromatic carbocycles. The highest BCUT2D eigenvalue weighted by molar-refractivity contribution is 6.02. The molecule has 122 valence electrons. The van der Waals surface area contributed by atoms with E-state index < -0.39 is 24.0 Å². The predicted octanol–water partition coefficient (Wildman–Crippen LogP) is -0.769. The van der Waals surface area contributed by atoms with Gasteiger partial charge in [-0.1, -0.05) is 36.4 Å². The number of nitrogens with one attached hydrogen (secondary N) is 1. The first-order chi connectivity index (χ1) is 11.0. The first-order valence-corrected chi connectivity index (χ1v) is 7.47. The Balaban J connectivity index is 2.06. The third-order valence-electron chi connectivity index (χ3n) is 3.53. The Bertz CT molecular complexity index is 695. The molecular weight excluding hydrogens is 296 g/mol. The van der Waals surface area contributed by atoms with Crippen molar-refractivity contribution in [3.05, 3.63) is 42.5 Å². The number of aliphatic hydroxyl groups is 1. The first-order valence-electron chi connectivity index (χ1n) is 7.47. The third kappa shape index (κ3) is 4.77. The number of rotatable bonds is 7. The average Bonchev–Trinajstić information content (AvgIpc) is 2.51. The third-order valence-corrected chi connectivity index (χ3v) is 3.53. The van der Waals surface area contributed by atoms with E-state index in [4.69, 9.17) is 0 Å². The number of benzene rings is 2. The van der Waals surface area contributed by atoms with E-state index in [1.54, 1.807) is 13.0 Å². The number of amides is 1. The Morgan fingerprint density at radius 3 is 2.61 bits per heavy atom. The van der Waals surface area contributed by atoms with Crippen LogP contribution in [0.1, 0.15) is 13.3 Å². The van der Waals surface area contributed by atoms with Gasteiger partial charge in [-0.15, -0.1) is 0 Å². The Kier molecular flexibility index (Phi) is 5.67. The number of nitrogens with two attached hydrogens (primary N) is 1. The molecule has 0 fully saturated rings. The molecule has 0 aromatic heterocycles. The minimum absolute atomic E-state index is 0.195. The van der Waals surface area contributed by atoms with Crippen molar-refractivity contribution in [2.24, 2.45) is 0 Å². The number of carbonyl (C=O) groups is 2. The van der Waals surface area contributed by atoms with Crippen LogP contribution in [-0.2, 0) is 9.59 Å². The van der Waals surface area contributed by atoms with Crippen molar-refractivity contribution in [3.8, 4) is 0 Å². The number of hydrogen-bond acceptors (Lipinski definition) is 4. The fourth-order valence-electron chi connectivity index (χ4n) is 2.36. The van der Waals surface area contributed by atoms with E-state index in [9.17, 15) is 19.8 Å². The topological polar surface area (TPSA) is 106 Å². The summed E-state index contributed by atoms with van der Waals surface area (Å²) in [5.41, 5.74) is 0.640. The zero-order valence-electron chi connectivity index (χ0n) is 12.9. The maximum absolute atomic E-state index is 12.1. The fourth-order valence-corrected chi connectivity index (χ4v) is 2.36. The van der Waals surface area contributed by atoms with Gasteiger partial charge in [0.1, 0.15) is 12.6 Å². The number of fused-ring (bicyclic) bond motifs is 1. The van der Waals surface area contributed by atoms with E-state index in [-0.39, 0.29) is 13.0 Å². The quantitative estimate of drug-likeness (QED) is 0.624. The van der Waals surface area contributed by atoms with Gasteiger partial charge < -0.3 is 25.6 Å². The molecule has 2 aromatic rings. The molecule has 6 nitrogen and oxygen atoms in total. The summed E-state index contributed by atoms with van der Waals surface area (Å²) in [6, 6.07) is 12.1. The highest BCUT2D eigenvalue weighted by atomic mass is 16.4. The Morgan fingerprint density at radius 2 is 1.91 bits per heavy atom. The number of carboxylic acid groups (broad SMARTS) is 1. The summed E-state index contributed by atoms with van der Waals surface area (Å²) in [7, 11) is 0. The maximum atomic E-state index is 12.1. The summed E-state index contributed by atoms with van der Waals surface area (Å²) >= 11 is 0. The molecule has 6 heteroatoms. The molecule has 0 unspecified atom stereocenters. The van der Waals surface area contributed by atoms with Crippen molar-refractivity contribution in [2.45, 2.75) is 25.5 Å². The molecule has 0 saturated carbocycles. The van der Waals surface area contributed by atoms with Crippen LogP contribution in [0.4, 0.5) is 5.69 Å². The molecule has 0 aliphatic heterocycles. The van der Waals surface area contributed by atoms with Crippen molar-refractivity contribution in [1.29, 1.82) is 0 Å². The van der Waals surface area contributed by atoms with Gasteiger partial charge in [-0.25, -0.2) is 0 Å². The molecule has 0 saturated heterocycles. The van der Waals surface area contributed by atoms with E-state index in [0.717, 1.165) is 10.8 Å². The molecule has 4 N–H and O–H groups in total. The lowest BCUT2D eigenvalue weighted by Crippen LogP contribution is -2.94. The smallest absolute Gasteiger partial charge is 0.230 e. The van der Waals surface area contributed by atoms with Crippen LogP contribution in [0, 0.1) is 0 Å². The Morgan fingerprint density at radius 1 is 1.22 bits per heavy atom. The number of aliphatic carboxylic acids is 1. The van der Waals surface area contributed by atoms with Crippen molar-refractivity contribution in [1.82, 2.24) is 0 Å². The molecule has 2 atom stereocenters. The molecule has 0 bridgehead atoms. The molecule has 0 radical (unpaired) electrons. The summed E-state index contributed by atoms with van der Waals surface area (Å²) in [5, 5.41) is 26.4. The van der Waals surface area contributed by atoms with Crippen LogP contribution in [0.2, 0.25) is 0 Å². The van der Waals surface area contributed by atoms with Crippen LogP contribution in [0.25, 0.3) is 10.8 Å². The number of quaternary nitrogens is 1. The van der Waals surface area contributed by atoms with E-state index >= 15 is 0 Å². The standard InChI is InChI=1S/C17H20N2O4/c1-11(20)10-18-15(17(22)23)9-16(21)19-14-8-4-6-12-5-2-3-7-13(12)14/h2-8,11,15,18,20H,9-10H2,1H3,(H,19,21)(H,22,23)/t11-,15+/m1/s1. The normalized spacial score (nSPS) is 13.5. The largest absolute Gasteiger partial charge is 0.544 e. The van der Waals surface area contributed by atoms with Crippen LogP contribution in [0.3, 0.4) is 0 Å². The second-order valence-corrected chi connectivity index (χ2v) is 5.52. The van der Waals surface area contributed by atoms with Gasteiger partial charge in [0, 0.05) is 11.1 Å². The number of aliphatic hydroxyl groups excluding tert-OH is 1. The summed E-state index contributed by atoms with van der Waals surface area (Å²) in [6.45, 7) is 1.75. The van der Waals surface area contributed by atoms with Crippen LogP contribution in [0.15, 0.2) is 42.5 Å². The maximum Gasteiger partial charge on any atom is 0.230 e. The van der Waals surface area contributed by atoms with Crippen molar-refractivity contribution in [2.75, 3.05) is 11.9 Å². The van der Waals surface area contributed by atoms with Gasteiger partial charge in [0.25, 0.3) is 0 Å². The molecule has 1 amide bonds. The first kappa shape index (κ1) is 16.9. The average molecular weight is 316 g/mol. The molecule has 23 heavy (non-hydrogen) atoms. The number of carboxylic acids is 1. The molecule has 2 rings (SSSR count). The minimum atomic E-state index is -1.32. The zero-order valence-corrected chi connectivity index (χ0v) is 12.9. The predicted molar refractivity (Wildman–Crippen MR) is 84.5 cm³/mol. The monoisotopic (exact) mass is 316 g/mol. The van der Waals surface area contributed by atoms with Gasteiger partial charge in [0.05, 0.1) is 18.5 Å². The van der Waals surface area contributed by atoms with E-state index in [2.05, 4.69) is 5.32 Å². The summed E-state index contributed by atoms with van der Waals surface area (Å²) in [6.07, 6.45) is -0.879. The summed E-state index contributed by atoms with van der Waals surface area (Å²) in [5.74, 6) is -1.73. The lowest BCUT2D eigenvalue weighted by Gasteiger charge is -2.17. The van der Waals surface area contributed by atoms with Crippen LogP contribution < -0.4 is 15.7 Å². The minimum Gasteiger partial charge on any atom is -0.544 e. The van der Waals surface area contributed by atoms with Crippen molar-refractivity contribution >= 4 is 28.3 Å². The molecule has 0 aliphatic carbocycles. The number of carbonyl (C=O) groups excluding carboxylic acids is 2. The summed E-state index contributed by atoms with van der Waals surface area (Å²) in [4.78, 5) is 23.2.